The molecule has 1 heterocycles. The van der Waals surface area contributed by atoms with Crippen molar-refractivity contribution in [1.82, 2.24) is 10.2 Å². The third-order valence-corrected chi connectivity index (χ3v) is 3.92. The van der Waals surface area contributed by atoms with Crippen LogP contribution < -0.4 is 5.32 Å². The van der Waals surface area contributed by atoms with Gasteiger partial charge in [0.2, 0.25) is 0 Å². The molecule has 3 heteroatoms. The van der Waals surface area contributed by atoms with Crippen LogP contribution in [-0.2, 0) is 4.74 Å². The molecule has 1 aliphatic rings. The predicted octanol–water partition coefficient (Wildman–Crippen LogP) is 2.69. The van der Waals surface area contributed by atoms with Crippen LogP contribution in [0.25, 0.3) is 0 Å². The van der Waals surface area contributed by atoms with E-state index in [1.165, 1.54) is 12.0 Å². The second kappa shape index (κ2) is 7.77. The van der Waals surface area contributed by atoms with Gasteiger partial charge in [-0.15, -0.1) is 0 Å². The van der Waals surface area contributed by atoms with E-state index in [9.17, 15) is 0 Å². The van der Waals surface area contributed by atoms with E-state index >= 15 is 0 Å². The van der Waals surface area contributed by atoms with Crippen molar-refractivity contribution in [1.29, 1.82) is 0 Å². The third-order valence-electron chi connectivity index (χ3n) is 3.92. The minimum Gasteiger partial charge on any atom is -0.374 e. The summed E-state index contributed by atoms with van der Waals surface area (Å²) in [7, 11) is 1.99. The monoisotopic (exact) mass is 276 g/mol. The molecule has 1 fully saturated rings. The summed E-state index contributed by atoms with van der Waals surface area (Å²) >= 11 is 0. The van der Waals surface area contributed by atoms with Gasteiger partial charge in [0.1, 0.15) is 0 Å². The molecule has 0 radical (unpaired) electrons. The average Bonchev–Trinajstić information content (AvgIpc) is 2.46. The smallest absolute Gasteiger partial charge is 0.0826 e. The van der Waals surface area contributed by atoms with Crippen LogP contribution in [0.4, 0.5) is 0 Å². The second-order valence-corrected chi connectivity index (χ2v) is 6.10. The van der Waals surface area contributed by atoms with Gasteiger partial charge >= 0.3 is 0 Å². The van der Waals surface area contributed by atoms with E-state index in [1.807, 2.05) is 7.05 Å². The van der Waals surface area contributed by atoms with Crippen LogP contribution in [-0.4, -0.2) is 44.3 Å². The van der Waals surface area contributed by atoms with Crippen LogP contribution in [0, 0.1) is 5.92 Å². The van der Waals surface area contributed by atoms with Gasteiger partial charge in [-0.3, -0.25) is 4.90 Å². The van der Waals surface area contributed by atoms with E-state index in [4.69, 9.17) is 4.74 Å². The highest BCUT2D eigenvalue weighted by Crippen LogP contribution is 2.29. The lowest BCUT2D eigenvalue weighted by atomic mass is 9.95. The molecule has 20 heavy (non-hydrogen) atoms. The molecule has 112 valence electrons. The first-order chi connectivity index (χ1) is 9.70. The van der Waals surface area contributed by atoms with Crippen molar-refractivity contribution in [3.8, 4) is 0 Å². The Labute approximate surface area is 123 Å². The van der Waals surface area contributed by atoms with Crippen LogP contribution in [0.3, 0.4) is 0 Å². The van der Waals surface area contributed by atoms with Gasteiger partial charge < -0.3 is 10.1 Å². The third kappa shape index (κ3) is 4.30. The first kappa shape index (κ1) is 15.5. The lowest BCUT2D eigenvalue weighted by molar-refractivity contribution is -0.0446. The zero-order valence-electron chi connectivity index (χ0n) is 13.0. The normalized spacial score (nSPS) is 22.1. The molecule has 1 aromatic rings. The first-order valence-corrected chi connectivity index (χ1v) is 7.76. The maximum absolute atomic E-state index is 5.84. The quantitative estimate of drug-likeness (QED) is 0.864. The number of ether oxygens (including phenoxy) is 1. The van der Waals surface area contributed by atoms with Gasteiger partial charge in [0.15, 0.2) is 0 Å². The summed E-state index contributed by atoms with van der Waals surface area (Å²) in [6.07, 6.45) is 1.52. The lowest BCUT2D eigenvalue weighted by Crippen LogP contribution is -2.47. The molecule has 1 aliphatic heterocycles. The van der Waals surface area contributed by atoms with Gasteiger partial charge in [0.05, 0.1) is 12.7 Å². The second-order valence-electron chi connectivity index (χ2n) is 6.10. The number of hydrogen-bond acceptors (Lipinski definition) is 3. The fourth-order valence-corrected chi connectivity index (χ4v) is 2.99. The minimum atomic E-state index is 0.312. The first-order valence-electron chi connectivity index (χ1n) is 7.76. The van der Waals surface area contributed by atoms with Crippen LogP contribution in [0.5, 0.6) is 0 Å². The van der Waals surface area contributed by atoms with Gasteiger partial charge in [-0.05, 0) is 24.9 Å². The lowest BCUT2D eigenvalue weighted by Gasteiger charge is -2.39. The summed E-state index contributed by atoms with van der Waals surface area (Å²) in [6.45, 7) is 8.44. The predicted molar refractivity (Wildman–Crippen MR) is 83.9 cm³/mol. The molecule has 0 aromatic heterocycles. The van der Waals surface area contributed by atoms with Crippen LogP contribution in [0.2, 0.25) is 0 Å². The molecule has 2 rings (SSSR count). The van der Waals surface area contributed by atoms with Crippen LogP contribution in [0.15, 0.2) is 30.3 Å². The number of rotatable bonds is 6. The number of nitrogens with one attached hydrogen (secondary N) is 1. The molecule has 1 saturated heterocycles. The zero-order valence-corrected chi connectivity index (χ0v) is 13.0. The van der Waals surface area contributed by atoms with Gasteiger partial charge in [-0.2, -0.15) is 0 Å². The molecule has 3 nitrogen and oxygen atoms in total. The van der Waals surface area contributed by atoms with E-state index in [2.05, 4.69) is 54.4 Å². The zero-order chi connectivity index (χ0) is 14.4. The summed E-state index contributed by atoms with van der Waals surface area (Å²) in [5.41, 5.74) is 1.44. The standard InChI is InChI=1S/C17H28N2O/c1-14(2)11-17(15-7-5-4-6-8-15)19-9-10-20-16(13-19)12-18-3/h4-8,14,16-18H,9-13H2,1-3H3. The molecular formula is C17H28N2O. The molecule has 0 amide bonds. The number of likely N-dealkylation sites (N-methyl/N-ethyl adjacent to an activating group) is 1. The van der Waals surface area contributed by atoms with Crippen molar-refractivity contribution in [3.63, 3.8) is 0 Å². The topological polar surface area (TPSA) is 24.5 Å². The minimum absolute atomic E-state index is 0.312. The van der Waals surface area contributed by atoms with E-state index < -0.39 is 0 Å². The average molecular weight is 276 g/mol. The van der Waals surface area contributed by atoms with Crippen molar-refractivity contribution in [2.45, 2.75) is 32.4 Å². The fraction of sp³-hybridized carbons (Fsp3) is 0.647. The van der Waals surface area contributed by atoms with Crippen molar-refractivity contribution in [3.05, 3.63) is 35.9 Å². The van der Waals surface area contributed by atoms with Gasteiger partial charge in [0.25, 0.3) is 0 Å². The van der Waals surface area contributed by atoms with E-state index in [0.29, 0.717) is 18.1 Å². The summed E-state index contributed by atoms with van der Waals surface area (Å²) in [5.74, 6) is 0.700. The van der Waals surface area contributed by atoms with Crippen molar-refractivity contribution < 1.29 is 4.74 Å². The maximum Gasteiger partial charge on any atom is 0.0826 e. The Hall–Kier alpha value is -0.900. The molecule has 0 bridgehead atoms. The Morgan fingerprint density at radius 1 is 1.30 bits per heavy atom. The van der Waals surface area contributed by atoms with Gasteiger partial charge in [-0.25, -0.2) is 0 Å². The molecule has 1 N–H and O–H groups in total. The molecule has 0 spiro atoms. The van der Waals surface area contributed by atoms with Crippen molar-refractivity contribution >= 4 is 0 Å². The summed E-state index contributed by atoms with van der Waals surface area (Å²) in [5, 5.41) is 3.23. The van der Waals surface area contributed by atoms with Crippen LogP contribution >= 0.6 is 0 Å². The molecule has 2 unspecified atom stereocenters. The Morgan fingerprint density at radius 2 is 2.05 bits per heavy atom. The highest BCUT2D eigenvalue weighted by atomic mass is 16.5. The largest absolute Gasteiger partial charge is 0.374 e. The Kier molecular flexibility index (Phi) is 6.02. The van der Waals surface area contributed by atoms with Crippen molar-refractivity contribution in [2.24, 2.45) is 5.92 Å². The van der Waals surface area contributed by atoms with Gasteiger partial charge in [-0.1, -0.05) is 44.2 Å². The Morgan fingerprint density at radius 3 is 2.70 bits per heavy atom. The highest BCUT2D eigenvalue weighted by molar-refractivity contribution is 5.19. The molecule has 2 atom stereocenters. The highest BCUT2D eigenvalue weighted by Gasteiger charge is 2.27. The molecule has 1 aromatic carbocycles. The maximum atomic E-state index is 5.84. The SMILES string of the molecule is CNCC1CN(C(CC(C)C)c2ccccc2)CCO1. The fourth-order valence-electron chi connectivity index (χ4n) is 2.99. The summed E-state index contributed by atoms with van der Waals surface area (Å²) in [4.78, 5) is 2.60. The summed E-state index contributed by atoms with van der Waals surface area (Å²) in [6, 6.07) is 11.4. The van der Waals surface area contributed by atoms with Crippen molar-refractivity contribution in [2.75, 3.05) is 33.3 Å². The number of hydrogen-bond donors (Lipinski definition) is 1. The number of morpholine rings is 1. The summed E-state index contributed by atoms with van der Waals surface area (Å²) < 4.78 is 5.84. The number of benzene rings is 1. The van der Waals surface area contributed by atoms with Gasteiger partial charge in [0, 0.05) is 25.7 Å². The number of nitrogens with zero attached hydrogens (tertiary/aromatic N) is 1. The molecule has 0 aliphatic carbocycles. The molecule has 0 saturated carbocycles. The van der Waals surface area contributed by atoms with E-state index in [-0.39, 0.29) is 0 Å². The molecular weight excluding hydrogens is 248 g/mol. The van der Waals surface area contributed by atoms with E-state index in [0.717, 1.165) is 26.2 Å². The Balaban J connectivity index is 2.10. The Bertz CT molecular complexity index is 378. The van der Waals surface area contributed by atoms with Crippen LogP contribution in [0.1, 0.15) is 31.9 Å². The van der Waals surface area contributed by atoms with E-state index in [1.54, 1.807) is 0 Å².